The summed E-state index contributed by atoms with van der Waals surface area (Å²) in [6.45, 7) is 4.62. The van der Waals surface area contributed by atoms with Crippen LogP contribution in [0.4, 0.5) is 20.5 Å². The van der Waals surface area contributed by atoms with Crippen LogP contribution >= 0.6 is 0 Å². The van der Waals surface area contributed by atoms with Gasteiger partial charge in [-0.15, -0.1) is 5.10 Å². The van der Waals surface area contributed by atoms with Crippen LogP contribution in [0.25, 0.3) is 0 Å². The fraction of sp³-hybridized carbons (Fsp3) is 0.500. The number of halogens is 2. The zero-order valence-electron chi connectivity index (χ0n) is 19.0. The molecule has 4 heterocycles. The fourth-order valence-corrected chi connectivity index (χ4v) is 5.65. The number of benzene rings is 1. The Hall–Kier alpha value is -3.30. The van der Waals surface area contributed by atoms with E-state index in [-0.39, 0.29) is 5.75 Å². The summed E-state index contributed by atoms with van der Waals surface area (Å²) in [5.41, 5.74) is 0.975. The first-order valence-corrected chi connectivity index (χ1v) is 11.9. The molecule has 1 saturated carbocycles. The molecule has 3 aromatic rings. The number of nitrogens with one attached hydrogen (secondary N) is 1. The molecule has 1 N–H and O–H groups in total. The van der Waals surface area contributed by atoms with E-state index in [1.165, 1.54) is 12.1 Å². The first-order chi connectivity index (χ1) is 16.5. The van der Waals surface area contributed by atoms with Gasteiger partial charge in [0.2, 0.25) is 5.95 Å². The Kier molecular flexibility index (Phi) is 5.30. The summed E-state index contributed by atoms with van der Waals surface area (Å²) in [6.07, 6.45) is 5.14. The third-order valence-electron chi connectivity index (χ3n) is 7.18. The molecule has 6 rings (SSSR count). The van der Waals surface area contributed by atoms with Gasteiger partial charge in [0.15, 0.2) is 11.9 Å². The van der Waals surface area contributed by atoms with E-state index in [2.05, 4.69) is 25.3 Å². The van der Waals surface area contributed by atoms with Crippen molar-refractivity contribution in [3.05, 3.63) is 53.7 Å². The number of fused-ring (bicyclic) bond motifs is 3. The molecule has 4 atom stereocenters. The summed E-state index contributed by atoms with van der Waals surface area (Å²) in [5.74, 6) is 2.10. The van der Waals surface area contributed by atoms with E-state index in [0.717, 1.165) is 62.9 Å². The van der Waals surface area contributed by atoms with Crippen LogP contribution in [0.2, 0.25) is 0 Å². The second-order valence-corrected chi connectivity index (χ2v) is 9.56. The van der Waals surface area contributed by atoms with Gasteiger partial charge < -0.3 is 15.0 Å². The van der Waals surface area contributed by atoms with Crippen LogP contribution in [0.1, 0.15) is 43.3 Å². The van der Waals surface area contributed by atoms with Gasteiger partial charge in [-0.3, -0.25) is 0 Å². The maximum absolute atomic E-state index is 13.6. The average Bonchev–Trinajstić information content (AvgIpc) is 3.30. The van der Waals surface area contributed by atoms with E-state index in [0.29, 0.717) is 29.7 Å². The summed E-state index contributed by atoms with van der Waals surface area (Å²) in [6, 6.07) is 5.58. The number of rotatable bonds is 5. The minimum atomic E-state index is -0.659. The molecule has 3 aliphatic rings. The highest BCUT2D eigenvalue weighted by Crippen LogP contribution is 2.40. The molecule has 34 heavy (non-hydrogen) atoms. The largest absolute Gasteiger partial charge is 0.482 e. The molecule has 2 aromatic heterocycles. The molecule has 2 fully saturated rings. The summed E-state index contributed by atoms with van der Waals surface area (Å²) in [4.78, 5) is 15.8. The normalized spacial score (nSPS) is 25.8. The van der Waals surface area contributed by atoms with Crippen LogP contribution in [0.3, 0.4) is 0 Å². The van der Waals surface area contributed by atoms with Crippen LogP contribution in [-0.2, 0) is 6.54 Å². The van der Waals surface area contributed by atoms with Gasteiger partial charge in [-0.1, -0.05) is 0 Å². The molecule has 0 unspecified atom stereocenters. The Balaban J connectivity index is 1.17. The van der Waals surface area contributed by atoms with Crippen molar-refractivity contribution in [1.82, 2.24) is 24.7 Å². The fourth-order valence-electron chi connectivity index (χ4n) is 5.65. The summed E-state index contributed by atoms with van der Waals surface area (Å²) in [7, 11) is 0. The Morgan fingerprint density at radius 3 is 2.50 bits per heavy atom. The average molecular weight is 468 g/mol. The second kappa shape index (κ2) is 8.48. The monoisotopic (exact) mass is 467 g/mol. The van der Waals surface area contributed by atoms with Crippen molar-refractivity contribution in [1.29, 1.82) is 0 Å². The highest BCUT2D eigenvalue weighted by atomic mass is 19.1. The standard InChI is InChI=1S/C24H27F2N7O/c1-14-7-21(28-13-27-14)32-11-15-4-5-16(12-32)22(15)29-24-30-23-20(3-2-6-33(23)31-24)34-19-9-17(25)8-18(26)10-19/h7-10,13,15-16,20,22H,2-6,11-12H2,1H3,(H,29,31)/t15-,16+,20-,22-/m1/s1. The number of piperidine rings is 1. The van der Waals surface area contributed by atoms with E-state index < -0.39 is 17.7 Å². The minimum Gasteiger partial charge on any atom is -0.482 e. The zero-order valence-corrected chi connectivity index (χ0v) is 19.0. The zero-order chi connectivity index (χ0) is 23.2. The quantitative estimate of drug-likeness (QED) is 0.610. The van der Waals surface area contributed by atoms with Gasteiger partial charge in [0, 0.05) is 55.6 Å². The highest BCUT2D eigenvalue weighted by Gasteiger charge is 2.43. The number of hydrogen-bond acceptors (Lipinski definition) is 7. The lowest BCUT2D eigenvalue weighted by Gasteiger charge is -2.38. The van der Waals surface area contributed by atoms with Crippen LogP contribution in [0, 0.1) is 30.4 Å². The highest BCUT2D eigenvalue weighted by molar-refractivity contribution is 5.41. The topological polar surface area (TPSA) is 81.0 Å². The summed E-state index contributed by atoms with van der Waals surface area (Å²) >= 11 is 0. The minimum absolute atomic E-state index is 0.166. The lowest BCUT2D eigenvalue weighted by Crippen LogP contribution is -2.48. The van der Waals surface area contributed by atoms with Crippen molar-refractivity contribution in [3.8, 4) is 5.75 Å². The molecular weight excluding hydrogens is 440 g/mol. The molecule has 1 saturated heterocycles. The SMILES string of the molecule is Cc1cc(N2C[C@H]3CC[C@@H](C2)[C@@H]3Nc2nc3n(n2)CCC[C@H]3Oc2cc(F)cc(F)c2)ncn1. The van der Waals surface area contributed by atoms with Gasteiger partial charge >= 0.3 is 0 Å². The van der Waals surface area contributed by atoms with Crippen molar-refractivity contribution < 1.29 is 13.5 Å². The summed E-state index contributed by atoms with van der Waals surface area (Å²) in [5, 5.41) is 8.30. The Morgan fingerprint density at radius 2 is 1.76 bits per heavy atom. The Morgan fingerprint density at radius 1 is 1.00 bits per heavy atom. The molecule has 0 amide bonds. The number of aromatic nitrogens is 5. The molecular formula is C24H27F2N7O. The predicted molar refractivity (Wildman–Crippen MR) is 122 cm³/mol. The molecule has 10 heteroatoms. The number of nitrogens with zero attached hydrogens (tertiary/aromatic N) is 6. The van der Waals surface area contributed by atoms with E-state index in [9.17, 15) is 8.78 Å². The lowest BCUT2D eigenvalue weighted by molar-refractivity contribution is 0.154. The molecule has 0 radical (unpaired) electrons. The van der Waals surface area contributed by atoms with Gasteiger partial charge in [0.1, 0.15) is 29.5 Å². The van der Waals surface area contributed by atoms with Crippen molar-refractivity contribution in [3.63, 3.8) is 0 Å². The number of hydrogen-bond donors (Lipinski definition) is 1. The van der Waals surface area contributed by atoms with Crippen LogP contribution in [0.5, 0.6) is 5.75 Å². The van der Waals surface area contributed by atoms with Crippen molar-refractivity contribution in [2.45, 2.75) is 51.3 Å². The smallest absolute Gasteiger partial charge is 0.242 e. The maximum atomic E-state index is 13.6. The first-order valence-electron chi connectivity index (χ1n) is 11.9. The van der Waals surface area contributed by atoms with Crippen molar-refractivity contribution in [2.24, 2.45) is 11.8 Å². The van der Waals surface area contributed by atoms with E-state index in [1.54, 1.807) is 6.33 Å². The second-order valence-electron chi connectivity index (χ2n) is 9.56. The number of ether oxygens (including phenoxy) is 1. The molecule has 0 spiro atoms. The van der Waals surface area contributed by atoms with Gasteiger partial charge in [0.25, 0.3) is 0 Å². The van der Waals surface area contributed by atoms with Crippen LogP contribution < -0.4 is 15.0 Å². The van der Waals surface area contributed by atoms with Gasteiger partial charge in [-0.25, -0.2) is 23.4 Å². The van der Waals surface area contributed by atoms with E-state index >= 15 is 0 Å². The molecule has 2 bridgehead atoms. The number of anilines is 2. The summed E-state index contributed by atoms with van der Waals surface area (Å²) < 4.78 is 35.0. The van der Waals surface area contributed by atoms with Crippen molar-refractivity contribution >= 4 is 11.8 Å². The molecule has 1 aliphatic carbocycles. The van der Waals surface area contributed by atoms with Gasteiger partial charge in [-0.2, -0.15) is 4.98 Å². The maximum Gasteiger partial charge on any atom is 0.242 e. The molecule has 8 nitrogen and oxygen atoms in total. The van der Waals surface area contributed by atoms with Crippen LogP contribution in [0.15, 0.2) is 30.6 Å². The van der Waals surface area contributed by atoms with Gasteiger partial charge in [0.05, 0.1) is 0 Å². The molecule has 178 valence electrons. The van der Waals surface area contributed by atoms with Gasteiger partial charge in [-0.05, 0) is 44.4 Å². The Labute approximate surface area is 196 Å². The first kappa shape index (κ1) is 21.2. The molecule has 2 aliphatic heterocycles. The third-order valence-corrected chi connectivity index (χ3v) is 7.18. The predicted octanol–water partition coefficient (Wildman–Crippen LogP) is 3.90. The van der Waals surface area contributed by atoms with E-state index in [4.69, 9.17) is 9.72 Å². The lowest BCUT2D eigenvalue weighted by atomic mass is 9.92. The number of aryl methyl sites for hydroxylation is 2. The molecule has 1 aromatic carbocycles. The van der Waals surface area contributed by atoms with Crippen molar-refractivity contribution in [2.75, 3.05) is 23.3 Å². The van der Waals surface area contributed by atoms with E-state index in [1.807, 2.05) is 17.7 Å². The third kappa shape index (κ3) is 4.05. The van der Waals surface area contributed by atoms with Crippen LogP contribution in [-0.4, -0.2) is 43.9 Å². The Bertz CT molecular complexity index is 1170.